The van der Waals surface area contributed by atoms with Crippen molar-refractivity contribution < 1.29 is 38.6 Å². The van der Waals surface area contributed by atoms with Gasteiger partial charge in [0.2, 0.25) is 29.5 Å². The molecule has 4 heterocycles. The Hall–Kier alpha value is -7.33. The summed E-state index contributed by atoms with van der Waals surface area (Å²) >= 11 is 1.56. The number of anilines is 3. The molecule has 1 aliphatic carbocycles. The summed E-state index contributed by atoms with van der Waals surface area (Å²) in [6.45, 7) is 8.23. The lowest BCUT2D eigenvalue weighted by Crippen LogP contribution is -2.57. The second kappa shape index (κ2) is 23.1. The Kier molecular flexibility index (Phi) is 16.7. The number of hydrogen-bond donors (Lipinski definition) is 7. The molecule has 0 spiro atoms. The summed E-state index contributed by atoms with van der Waals surface area (Å²) in [6.07, 6.45) is 3.43. The van der Waals surface area contributed by atoms with Gasteiger partial charge in [-0.15, -0.1) is 21.5 Å². The van der Waals surface area contributed by atoms with Crippen LogP contribution in [0.3, 0.4) is 0 Å². The number of likely N-dealkylation sites (tertiary alicyclic amines) is 1. The molecule has 2 aromatic carbocycles. The second-order valence-corrected chi connectivity index (χ2v) is 19.5. The number of ether oxygens (including phenoxy) is 1. The van der Waals surface area contributed by atoms with E-state index < -0.39 is 35.4 Å². The van der Waals surface area contributed by atoms with E-state index in [-0.39, 0.29) is 85.6 Å². The molecule has 2 fully saturated rings. The van der Waals surface area contributed by atoms with Crippen LogP contribution in [-0.4, -0.2) is 121 Å². The Labute approximate surface area is 415 Å². The number of unbranched alkanes of at least 4 members (excludes halogenated alkanes) is 1. The van der Waals surface area contributed by atoms with E-state index in [4.69, 9.17) is 4.74 Å². The van der Waals surface area contributed by atoms with Crippen LogP contribution >= 0.6 is 11.3 Å². The number of aliphatic hydroxyl groups excluding tert-OH is 1. The highest BCUT2D eigenvalue weighted by Gasteiger charge is 2.44. The van der Waals surface area contributed by atoms with E-state index in [1.54, 1.807) is 39.7 Å². The van der Waals surface area contributed by atoms with Gasteiger partial charge in [-0.25, -0.2) is 9.97 Å². The lowest BCUT2D eigenvalue weighted by molar-refractivity contribution is -0.144. The van der Waals surface area contributed by atoms with Gasteiger partial charge in [0.25, 0.3) is 5.91 Å². The van der Waals surface area contributed by atoms with Crippen LogP contribution in [0.15, 0.2) is 60.4 Å². The highest BCUT2D eigenvalue weighted by atomic mass is 32.1. The maximum atomic E-state index is 14.0. The van der Waals surface area contributed by atoms with Crippen molar-refractivity contribution in [1.29, 1.82) is 0 Å². The lowest BCUT2D eigenvalue weighted by atomic mass is 9.85. The molecule has 0 radical (unpaired) electrons. The highest BCUT2D eigenvalue weighted by molar-refractivity contribution is 7.13. The van der Waals surface area contributed by atoms with Crippen molar-refractivity contribution in [2.45, 2.75) is 104 Å². The number of aryl methyl sites for hydroxylation is 1. The Morgan fingerprint density at radius 3 is 2.35 bits per heavy atom. The van der Waals surface area contributed by atoms with Crippen LogP contribution in [0.5, 0.6) is 5.75 Å². The topological polar surface area (TPSA) is 277 Å². The van der Waals surface area contributed by atoms with E-state index in [0.717, 1.165) is 34.5 Å². The lowest BCUT2D eigenvalue weighted by Gasteiger charge is -2.35. The van der Waals surface area contributed by atoms with E-state index >= 15 is 0 Å². The molecule has 1 saturated carbocycles. The van der Waals surface area contributed by atoms with Gasteiger partial charge in [0, 0.05) is 57.9 Å². The van der Waals surface area contributed by atoms with Crippen molar-refractivity contribution in [3.8, 4) is 27.6 Å². The molecule has 0 bridgehead atoms. The number of para-hydroxylation sites is 1. The van der Waals surface area contributed by atoms with E-state index in [1.165, 1.54) is 31.5 Å². The molecule has 71 heavy (non-hydrogen) atoms. The third-order valence-electron chi connectivity index (χ3n) is 12.1. The van der Waals surface area contributed by atoms with Gasteiger partial charge in [-0.05, 0) is 61.3 Å². The number of thiazole rings is 1. The molecule has 7 rings (SSSR count). The van der Waals surface area contributed by atoms with Crippen LogP contribution in [0, 0.1) is 18.3 Å². The molecule has 3 aromatic heterocycles. The second-order valence-electron chi connectivity index (χ2n) is 18.7. The molecule has 21 nitrogen and oxygen atoms in total. The number of carbonyl (C=O) groups excluding carboxylic acids is 6. The summed E-state index contributed by atoms with van der Waals surface area (Å²) in [4.78, 5) is 89.9. The number of amides is 6. The Morgan fingerprint density at radius 1 is 0.930 bits per heavy atom. The third-order valence-corrected chi connectivity index (χ3v) is 13.1. The fourth-order valence-electron chi connectivity index (χ4n) is 8.09. The molecule has 1 saturated heterocycles. The van der Waals surface area contributed by atoms with Gasteiger partial charge < -0.3 is 46.6 Å². The first kappa shape index (κ1) is 51.5. The minimum absolute atomic E-state index is 0.00775. The minimum Gasteiger partial charge on any atom is -0.494 e. The van der Waals surface area contributed by atoms with E-state index in [1.807, 2.05) is 52.0 Å². The molecule has 22 heteroatoms. The van der Waals surface area contributed by atoms with E-state index in [2.05, 4.69) is 57.2 Å². The fraction of sp³-hybridized carbons (Fsp3) is 0.449. The van der Waals surface area contributed by atoms with E-state index in [0.29, 0.717) is 42.2 Å². The average Bonchev–Trinajstić information content (AvgIpc) is 3.74. The van der Waals surface area contributed by atoms with Crippen LogP contribution in [0.25, 0.3) is 21.8 Å². The fourth-order valence-corrected chi connectivity index (χ4v) is 8.90. The first-order chi connectivity index (χ1) is 34.0. The first-order valence-electron chi connectivity index (χ1n) is 23.6. The average molecular weight is 992 g/mol. The molecule has 7 N–H and O–H groups in total. The van der Waals surface area contributed by atoms with Crippen molar-refractivity contribution in [2.24, 2.45) is 11.3 Å². The summed E-state index contributed by atoms with van der Waals surface area (Å²) in [5.74, 6) is -1.17. The number of carbonyl (C=O) groups is 6. The summed E-state index contributed by atoms with van der Waals surface area (Å²) in [5.41, 5.74) is 5.28. The molecule has 3 atom stereocenters. The molecule has 1 aliphatic heterocycles. The maximum Gasteiger partial charge on any atom is 0.273 e. The normalized spacial score (nSPS) is 15.9. The molecular weight excluding hydrogens is 931 g/mol. The number of β-amino-alcohol motifs (C(OH)–C–C–N with tert-alkyl or cyclic N) is 1. The zero-order chi connectivity index (χ0) is 50.8. The molecule has 2 aliphatic rings. The van der Waals surface area contributed by atoms with Crippen LogP contribution in [0.4, 0.5) is 17.2 Å². The number of aromatic nitrogens is 6. The van der Waals surface area contributed by atoms with Gasteiger partial charge in [-0.3, -0.25) is 33.4 Å². The SMILES string of the molecule is CNC(=O)c1nnc(NC(=O)C2CC2)cc1Nc1cccc(-c2ncn(CCNC(=O)CCCCC(=O)N[C@H](C(=O)N3C[C@H](O)C[C@H]3C(=O)NCc3ccc(-c4scnc4C)cc3)C(C)(C)C)n2)c1OC. The van der Waals surface area contributed by atoms with Crippen LogP contribution < -0.4 is 36.6 Å². The third kappa shape index (κ3) is 13.3. The molecular formula is C49H61N13O8S. The van der Waals surface area contributed by atoms with Crippen LogP contribution in [0.1, 0.15) is 87.5 Å². The zero-order valence-electron chi connectivity index (χ0n) is 40.7. The summed E-state index contributed by atoms with van der Waals surface area (Å²) in [5, 5.41) is 40.4. The van der Waals surface area contributed by atoms with Gasteiger partial charge in [0.05, 0.1) is 52.8 Å². The van der Waals surface area contributed by atoms with Gasteiger partial charge in [-0.2, -0.15) is 5.10 Å². The van der Waals surface area contributed by atoms with Crippen molar-refractivity contribution in [2.75, 3.05) is 37.9 Å². The number of methoxy groups -OCH3 is 1. The highest BCUT2D eigenvalue weighted by Crippen LogP contribution is 2.38. The zero-order valence-corrected chi connectivity index (χ0v) is 41.5. The quantitative estimate of drug-likeness (QED) is 0.0510. The molecule has 0 unspecified atom stereocenters. The smallest absolute Gasteiger partial charge is 0.273 e. The number of benzene rings is 2. The number of aliphatic hydroxyl groups is 1. The summed E-state index contributed by atoms with van der Waals surface area (Å²) in [7, 11) is 2.97. The molecule has 5 aromatic rings. The van der Waals surface area contributed by atoms with Gasteiger partial charge in [0.15, 0.2) is 23.1 Å². The van der Waals surface area contributed by atoms with Crippen molar-refractivity contribution in [3.05, 3.63) is 77.3 Å². The minimum atomic E-state index is -0.963. The van der Waals surface area contributed by atoms with E-state index in [9.17, 15) is 33.9 Å². The molecule has 376 valence electrons. The van der Waals surface area contributed by atoms with Gasteiger partial charge >= 0.3 is 0 Å². The monoisotopic (exact) mass is 991 g/mol. The van der Waals surface area contributed by atoms with Crippen molar-refractivity contribution >= 4 is 64.0 Å². The van der Waals surface area contributed by atoms with Crippen LogP contribution in [-0.2, 0) is 37.1 Å². The molecule has 6 amide bonds. The summed E-state index contributed by atoms with van der Waals surface area (Å²) in [6, 6.07) is 12.8. The van der Waals surface area contributed by atoms with Crippen LogP contribution in [0.2, 0.25) is 0 Å². The predicted molar refractivity (Wildman–Crippen MR) is 265 cm³/mol. The Balaban J connectivity index is 0.856. The largest absolute Gasteiger partial charge is 0.494 e. The first-order valence-corrected chi connectivity index (χ1v) is 24.5. The maximum absolute atomic E-state index is 14.0. The number of nitrogens with one attached hydrogen (secondary N) is 6. The Bertz CT molecular complexity index is 2730. The Morgan fingerprint density at radius 2 is 1.68 bits per heavy atom. The number of hydrogen-bond acceptors (Lipinski definition) is 15. The van der Waals surface area contributed by atoms with Crippen molar-refractivity contribution in [3.63, 3.8) is 0 Å². The van der Waals surface area contributed by atoms with Crippen molar-refractivity contribution in [1.82, 2.24) is 56.1 Å². The summed E-state index contributed by atoms with van der Waals surface area (Å²) < 4.78 is 7.36. The standard InChI is InChI=1S/C49H61N13O8S/c1-28-42(71-27-54-28)30-16-14-29(15-17-30)24-52-46(67)36-22-32(63)25-62(36)48(69)43(49(2,3)4)57-39(65)13-8-7-12-38(64)51-20-21-61-26-53-44(60-61)33-10-9-11-34(41(33)70-6)55-35-23-37(56-45(66)31-18-19-31)58-59-40(35)47(68)50-5/h9-11,14-17,23,26-27,31-32,36,43,63H,7-8,12-13,18-22,24-25H2,1-6H3,(H,50,68)(H,51,64)(H,52,67)(H,57,65)(H2,55,56,58,66)/t32-,36+,43-/m1/s1. The number of rotatable bonds is 21. The number of nitrogens with zero attached hydrogens (tertiary/aromatic N) is 7. The van der Waals surface area contributed by atoms with Gasteiger partial charge in [-0.1, -0.05) is 51.1 Å². The predicted octanol–water partition coefficient (Wildman–Crippen LogP) is 4.11. The van der Waals surface area contributed by atoms with Gasteiger partial charge in [0.1, 0.15) is 18.4 Å².